The first kappa shape index (κ1) is 33.2. The Hall–Kier alpha value is -6.63. The minimum Gasteiger partial charge on any atom is -0.488 e. The van der Waals surface area contributed by atoms with E-state index in [1.165, 1.54) is 0 Å². The lowest BCUT2D eigenvalue weighted by Crippen LogP contribution is -2.28. The summed E-state index contributed by atoms with van der Waals surface area (Å²) in [5.41, 5.74) is 14.3. The van der Waals surface area contributed by atoms with Gasteiger partial charge in [-0.1, -0.05) is 49.1 Å². The van der Waals surface area contributed by atoms with Crippen LogP contribution in [0.3, 0.4) is 0 Å². The number of nitrogens with two attached hydrogens (primary N) is 1. The fourth-order valence-electron chi connectivity index (χ4n) is 7.20. The van der Waals surface area contributed by atoms with Gasteiger partial charge in [-0.2, -0.15) is 5.10 Å². The first-order chi connectivity index (χ1) is 26.5. The summed E-state index contributed by atoms with van der Waals surface area (Å²) in [6.07, 6.45) is 7.77. The highest BCUT2D eigenvalue weighted by atomic mass is 16.7. The predicted molar refractivity (Wildman–Crippen MR) is 204 cm³/mol. The summed E-state index contributed by atoms with van der Waals surface area (Å²) in [5.74, 6) is 2.02. The van der Waals surface area contributed by atoms with E-state index in [1.807, 2.05) is 89.6 Å². The fourth-order valence-corrected chi connectivity index (χ4v) is 7.20. The summed E-state index contributed by atoms with van der Waals surface area (Å²) in [7, 11) is 0. The van der Waals surface area contributed by atoms with Gasteiger partial charge in [0.25, 0.3) is 5.91 Å². The third kappa shape index (κ3) is 6.16. The van der Waals surface area contributed by atoms with Crippen LogP contribution in [-0.2, 0) is 22.5 Å². The summed E-state index contributed by atoms with van der Waals surface area (Å²) in [6, 6.07) is 29.0. The van der Waals surface area contributed by atoms with E-state index in [4.69, 9.17) is 29.9 Å². The van der Waals surface area contributed by atoms with Gasteiger partial charge in [0.1, 0.15) is 23.7 Å². The standard InChI is InChI=1S/C42H36N8O4/c1-2-27-23-36(54-25-26-8-4-3-5-9-26)33(42-52-20-21-53-42)24-32(27)41(51)47-34-14-11-28-22-29(12-13-30(28)34)50-39(31-10-6-17-44-38(31)43)46-35-15-16-37(48-40(35)50)49-19-7-18-45-49/h2-10,12-13,15-19,22-24,34,42H,1,11,14,20-21,25H2,(H2,43,44)(H,47,51)/t34-/m0/s1. The molecule has 0 radical (unpaired) electrons. The number of pyridine rings is 2. The van der Waals surface area contributed by atoms with Crippen molar-refractivity contribution in [3.8, 4) is 28.6 Å². The Morgan fingerprint density at radius 2 is 1.83 bits per heavy atom. The third-order valence-electron chi connectivity index (χ3n) is 9.84. The monoisotopic (exact) mass is 716 g/mol. The van der Waals surface area contributed by atoms with Gasteiger partial charge in [0, 0.05) is 29.8 Å². The van der Waals surface area contributed by atoms with Crippen molar-refractivity contribution < 1.29 is 19.0 Å². The number of hydrogen-bond acceptors (Lipinski definition) is 9. The van der Waals surface area contributed by atoms with Crippen molar-refractivity contribution in [2.45, 2.75) is 31.8 Å². The van der Waals surface area contributed by atoms with Crippen molar-refractivity contribution in [1.82, 2.24) is 34.6 Å². The van der Waals surface area contributed by atoms with Crippen LogP contribution in [0, 0.1) is 0 Å². The van der Waals surface area contributed by atoms with Gasteiger partial charge in [-0.25, -0.2) is 19.6 Å². The number of aryl methyl sites for hydroxylation is 1. The van der Waals surface area contributed by atoms with Gasteiger partial charge in [0.2, 0.25) is 0 Å². The van der Waals surface area contributed by atoms with Crippen molar-refractivity contribution in [3.63, 3.8) is 0 Å². The SMILES string of the molecule is C=Cc1cc(OCc2ccccc2)c(C2OCCO2)cc1C(=O)N[C@H]1CCc2cc(-n3c(-c4cccnc4N)nc4ccc(-n5cccn5)nc43)ccc21. The lowest BCUT2D eigenvalue weighted by Gasteiger charge is -2.20. The van der Waals surface area contributed by atoms with Crippen LogP contribution < -0.4 is 15.8 Å². The third-order valence-corrected chi connectivity index (χ3v) is 9.84. The summed E-state index contributed by atoms with van der Waals surface area (Å²) >= 11 is 0. The van der Waals surface area contributed by atoms with Crippen LogP contribution in [0.4, 0.5) is 5.82 Å². The predicted octanol–water partition coefficient (Wildman–Crippen LogP) is 6.94. The molecule has 268 valence electrons. The zero-order chi connectivity index (χ0) is 36.6. The van der Waals surface area contributed by atoms with Gasteiger partial charge < -0.3 is 25.3 Å². The van der Waals surface area contributed by atoms with E-state index in [9.17, 15) is 4.79 Å². The Morgan fingerprint density at radius 3 is 2.63 bits per heavy atom. The Kier molecular flexibility index (Phi) is 8.66. The molecule has 3 aromatic carbocycles. The number of fused-ring (bicyclic) bond motifs is 2. The zero-order valence-electron chi connectivity index (χ0n) is 29.3. The first-order valence-corrected chi connectivity index (χ1v) is 17.8. The lowest BCUT2D eigenvalue weighted by atomic mass is 10.00. The summed E-state index contributed by atoms with van der Waals surface area (Å²) in [5, 5.41) is 7.67. The van der Waals surface area contributed by atoms with E-state index in [-0.39, 0.29) is 11.9 Å². The maximum atomic E-state index is 14.1. The molecule has 12 nitrogen and oxygen atoms in total. The van der Waals surface area contributed by atoms with Gasteiger partial charge in [-0.05, 0) is 89.7 Å². The second-order valence-corrected chi connectivity index (χ2v) is 13.1. The second kappa shape index (κ2) is 14.1. The number of imidazole rings is 1. The molecule has 1 amide bonds. The van der Waals surface area contributed by atoms with Crippen LogP contribution in [-0.4, -0.2) is 48.4 Å². The molecular weight excluding hydrogens is 681 g/mol. The minimum atomic E-state index is -0.636. The minimum absolute atomic E-state index is 0.201. The van der Waals surface area contributed by atoms with E-state index in [2.05, 4.69) is 34.1 Å². The molecule has 7 aromatic rings. The molecule has 0 unspecified atom stereocenters. The molecule has 5 heterocycles. The van der Waals surface area contributed by atoms with Crippen molar-refractivity contribution in [2.75, 3.05) is 18.9 Å². The maximum absolute atomic E-state index is 14.1. The first-order valence-electron chi connectivity index (χ1n) is 17.8. The number of anilines is 1. The molecule has 0 saturated carbocycles. The molecule has 9 rings (SSSR count). The number of carbonyl (C=O) groups is 1. The van der Waals surface area contributed by atoms with E-state index >= 15 is 0 Å². The molecule has 3 N–H and O–H groups in total. The number of nitrogens with zero attached hydrogens (tertiary/aromatic N) is 6. The van der Waals surface area contributed by atoms with Crippen LogP contribution in [0.25, 0.3) is 40.1 Å². The van der Waals surface area contributed by atoms with Crippen LogP contribution in [0.1, 0.15) is 56.9 Å². The Balaban J connectivity index is 1.04. The average Bonchev–Trinajstić information content (AvgIpc) is 4.05. The molecule has 4 aromatic heterocycles. The zero-order valence-corrected chi connectivity index (χ0v) is 29.3. The highest BCUT2D eigenvalue weighted by molar-refractivity contribution is 5.98. The topological polar surface area (TPSA) is 144 Å². The molecule has 1 aliphatic carbocycles. The number of hydrogen-bond donors (Lipinski definition) is 2. The summed E-state index contributed by atoms with van der Waals surface area (Å²) < 4.78 is 21.7. The number of carbonyl (C=O) groups excluding carboxylic acids is 1. The summed E-state index contributed by atoms with van der Waals surface area (Å²) in [4.78, 5) is 28.4. The van der Waals surface area contributed by atoms with Crippen LogP contribution in [0.5, 0.6) is 5.75 Å². The molecule has 1 fully saturated rings. The molecule has 12 heteroatoms. The number of nitrogens with one attached hydrogen (secondary N) is 1. The molecule has 1 aliphatic heterocycles. The number of amides is 1. The van der Waals surface area contributed by atoms with Gasteiger partial charge >= 0.3 is 0 Å². The van der Waals surface area contributed by atoms with E-state index in [0.717, 1.165) is 35.2 Å². The summed E-state index contributed by atoms with van der Waals surface area (Å²) in [6.45, 7) is 5.29. The highest BCUT2D eigenvalue weighted by Crippen LogP contribution is 2.38. The van der Waals surface area contributed by atoms with E-state index < -0.39 is 6.29 Å². The highest BCUT2D eigenvalue weighted by Gasteiger charge is 2.29. The van der Waals surface area contributed by atoms with Crippen molar-refractivity contribution in [1.29, 1.82) is 0 Å². The second-order valence-electron chi connectivity index (χ2n) is 13.1. The van der Waals surface area contributed by atoms with Crippen LogP contribution >= 0.6 is 0 Å². The number of nitrogen functional groups attached to an aromatic ring is 1. The quantitative estimate of drug-likeness (QED) is 0.154. The maximum Gasteiger partial charge on any atom is 0.252 e. The molecule has 1 saturated heterocycles. The molecular formula is C42H36N8O4. The smallest absolute Gasteiger partial charge is 0.252 e. The number of ether oxygens (including phenoxy) is 3. The number of benzene rings is 3. The molecule has 54 heavy (non-hydrogen) atoms. The number of rotatable bonds is 10. The Bertz CT molecular complexity index is 2510. The Morgan fingerprint density at radius 1 is 0.963 bits per heavy atom. The van der Waals surface area contributed by atoms with E-state index in [1.54, 1.807) is 23.2 Å². The van der Waals surface area contributed by atoms with Crippen LogP contribution in [0.15, 0.2) is 116 Å². The lowest BCUT2D eigenvalue weighted by molar-refractivity contribution is -0.0459. The van der Waals surface area contributed by atoms with Gasteiger partial charge in [-0.3, -0.25) is 9.36 Å². The van der Waals surface area contributed by atoms with Crippen molar-refractivity contribution in [2.24, 2.45) is 0 Å². The largest absolute Gasteiger partial charge is 0.488 e. The molecule has 2 aliphatic rings. The molecule has 1 atom stereocenters. The molecule has 0 bridgehead atoms. The molecule has 0 spiro atoms. The van der Waals surface area contributed by atoms with Crippen molar-refractivity contribution in [3.05, 3.63) is 150 Å². The average molecular weight is 717 g/mol. The van der Waals surface area contributed by atoms with Crippen LogP contribution in [0.2, 0.25) is 0 Å². The van der Waals surface area contributed by atoms with Gasteiger partial charge in [-0.15, -0.1) is 0 Å². The number of aromatic nitrogens is 6. The fraction of sp³-hybridized carbons (Fsp3) is 0.167. The van der Waals surface area contributed by atoms with E-state index in [0.29, 0.717) is 76.4 Å². The van der Waals surface area contributed by atoms with Gasteiger partial charge in [0.05, 0.1) is 30.4 Å². The van der Waals surface area contributed by atoms with Crippen molar-refractivity contribution >= 4 is 29.0 Å². The normalized spacial score (nSPS) is 15.4. The van der Waals surface area contributed by atoms with Gasteiger partial charge in [0.15, 0.2) is 23.6 Å². The Labute approximate surface area is 310 Å².